The summed E-state index contributed by atoms with van der Waals surface area (Å²) in [6, 6.07) is 5.70. The molecule has 1 saturated heterocycles. The number of halogens is 1. The molecule has 0 saturated carbocycles. The van der Waals surface area contributed by atoms with Crippen molar-refractivity contribution >= 4 is 27.7 Å². The number of hydrogen-bond donors (Lipinski definition) is 0. The highest BCUT2D eigenvalue weighted by Gasteiger charge is 2.19. The van der Waals surface area contributed by atoms with E-state index in [2.05, 4.69) is 20.9 Å². The second-order valence-electron chi connectivity index (χ2n) is 4.26. The minimum absolute atomic E-state index is 0.187. The lowest BCUT2D eigenvalue weighted by Gasteiger charge is -2.22. The van der Waals surface area contributed by atoms with E-state index in [1.54, 1.807) is 0 Å². The Hall–Kier alpha value is -1.10. The average Bonchev–Trinajstić information content (AvgIpc) is 2.82. The molecule has 1 amide bonds. The van der Waals surface area contributed by atoms with Crippen molar-refractivity contribution in [3.05, 3.63) is 22.8 Å². The van der Waals surface area contributed by atoms with Gasteiger partial charge in [-0.2, -0.15) is 0 Å². The van der Waals surface area contributed by atoms with Gasteiger partial charge in [0.05, 0.1) is 6.54 Å². The minimum Gasteiger partial charge on any atom is -0.350 e. The summed E-state index contributed by atoms with van der Waals surface area (Å²) in [6.07, 6.45) is 2.26. The van der Waals surface area contributed by atoms with Gasteiger partial charge in [-0.15, -0.1) is 0 Å². The topological polar surface area (TPSA) is 36.4 Å². The van der Waals surface area contributed by atoms with Crippen molar-refractivity contribution in [2.24, 2.45) is 0 Å². The fourth-order valence-corrected chi connectivity index (χ4v) is 2.29. The molecule has 0 N–H and O–H groups in total. The lowest BCUT2D eigenvalue weighted by Crippen LogP contribution is -2.37. The second kappa shape index (κ2) is 5.49. The number of amides is 1. The van der Waals surface area contributed by atoms with Crippen LogP contribution in [0.1, 0.15) is 12.8 Å². The van der Waals surface area contributed by atoms with Gasteiger partial charge in [-0.1, -0.05) is 6.07 Å². The monoisotopic (exact) mass is 297 g/mol. The number of aromatic nitrogens is 1. The van der Waals surface area contributed by atoms with E-state index in [0.717, 1.165) is 36.4 Å². The van der Waals surface area contributed by atoms with Gasteiger partial charge in [0.2, 0.25) is 5.91 Å². The third-order valence-corrected chi connectivity index (χ3v) is 3.36. The first-order chi connectivity index (χ1) is 8.16. The Labute approximate surface area is 110 Å². The van der Waals surface area contributed by atoms with E-state index >= 15 is 0 Å². The number of likely N-dealkylation sites (tertiary alicyclic amines) is 1. The normalized spacial score (nSPS) is 15.1. The van der Waals surface area contributed by atoms with Gasteiger partial charge in [0.25, 0.3) is 0 Å². The number of pyridine rings is 1. The SMILES string of the molecule is CN(CC(=O)N1CCCC1)c1cccc(Br)n1. The van der Waals surface area contributed by atoms with Crippen molar-refractivity contribution in [1.29, 1.82) is 0 Å². The molecule has 17 heavy (non-hydrogen) atoms. The molecular formula is C12H16BrN3O. The molecule has 1 aromatic rings. The Morgan fingerprint density at radius 2 is 2.18 bits per heavy atom. The molecule has 0 aliphatic carbocycles. The molecule has 2 heterocycles. The average molecular weight is 298 g/mol. The van der Waals surface area contributed by atoms with Crippen molar-refractivity contribution in [2.45, 2.75) is 12.8 Å². The first-order valence-electron chi connectivity index (χ1n) is 5.78. The van der Waals surface area contributed by atoms with Crippen molar-refractivity contribution in [3.8, 4) is 0 Å². The highest BCUT2D eigenvalue weighted by molar-refractivity contribution is 9.10. The van der Waals surface area contributed by atoms with Crippen LogP contribution >= 0.6 is 15.9 Å². The van der Waals surface area contributed by atoms with Crippen molar-refractivity contribution in [3.63, 3.8) is 0 Å². The number of nitrogens with zero attached hydrogens (tertiary/aromatic N) is 3. The predicted molar refractivity (Wildman–Crippen MR) is 71.0 cm³/mol. The number of rotatable bonds is 3. The maximum absolute atomic E-state index is 12.0. The maximum atomic E-state index is 12.0. The largest absolute Gasteiger partial charge is 0.350 e. The summed E-state index contributed by atoms with van der Waals surface area (Å²) in [6.45, 7) is 2.20. The summed E-state index contributed by atoms with van der Waals surface area (Å²) in [4.78, 5) is 20.1. The summed E-state index contributed by atoms with van der Waals surface area (Å²) < 4.78 is 0.787. The molecule has 1 aliphatic rings. The van der Waals surface area contributed by atoms with Crippen molar-refractivity contribution in [1.82, 2.24) is 9.88 Å². The van der Waals surface area contributed by atoms with E-state index in [0.29, 0.717) is 6.54 Å². The van der Waals surface area contributed by atoms with Crippen LogP contribution in [-0.2, 0) is 4.79 Å². The van der Waals surface area contributed by atoms with Crippen LogP contribution in [0.4, 0.5) is 5.82 Å². The van der Waals surface area contributed by atoms with Gasteiger partial charge >= 0.3 is 0 Å². The van der Waals surface area contributed by atoms with Crippen LogP contribution in [0.3, 0.4) is 0 Å². The minimum atomic E-state index is 0.187. The van der Waals surface area contributed by atoms with Gasteiger partial charge in [-0.25, -0.2) is 4.98 Å². The Morgan fingerprint density at radius 1 is 1.47 bits per heavy atom. The van der Waals surface area contributed by atoms with E-state index in [4.69, 9.17) is 0 Å². The van der Waals surface area contributed by atoms with Gasteiger partial charge in [-0.3, -0.25) is 4.79 Å². The molecule has 0 aromatic carbocycles. The Bertz CT molecular complexity index is 404. The maximum Gasteiger partial charge on any atom is 0.242 e. The van der Waals surface area contributed by atoms with Crippen LogP contribution in [0.5, 0.6) is 0 Å². The highest BCUT2D eigenvalue weighted by Crippen LogP contribution is 2.14. The lowest BCUT2D eigenvalue weighted by atomic mass is 10.4. The zero-order valence-corrected chi connectivity index (χ0v) is 11.5. The summed E-state index contributed by atoms with van der Waals surface area (Å²) in [7, 11) is 1.89. The molecule has 1 fully saturated rings. The van der Waals surface area contributed by atoms with Crippen LogP contribution < -0.4 is 4.90 Å². The van der Waals surface area contributed by atoms with Gasteiger partial charge in [0, 0.05) is 20.1 Å². The number of hydrogen-bond acceptors (Lipinski definition) is 3. The Morgan fingerprint density at radius 3 is 2.82 bits per heavy atom. The third kappa shape index (κ3) is 3.19. The first-order valence-corrected chi connectivity index (χ1v) is 6.57. The summed E-state index contributed by atoms with van der Waals surface area (Å²) in [5.74, 6) is 0.999. The Balaban J connectivity index is 1.96. The predicted octanol–water partition coefficient (Wildman–Crippen LogP) is 1.90. The molecule has 0 unspecified atom stereocenters. The highest BCUT2D eigenvalue weighted by atomic mass is 79.9. The van der Waals surface area contributed by atoms with Crippen molar-refractivity contribution < 1.29 is 4.79 Å². The second-order valence-corrected chi connectivity index (χ2v) is 5.07. The van der Waals surface area contributed by atoms with E-state index in [-0.39, 0.29) is 5.91 Å². The zero-order chi connectivity index (χ0) is 12.3. The van der Waals surface area contributed by atoms with Crippen LogP contribution in [0, 0.1) is 0 Å². The number of anilines is 1. The molecule has 0 spiro atoms. The van der Waals surface area contributed by atoms with Crippen LogP contribution in [0.2, 0.25) is 0 Å². The summed E-state index contributed by atoms with van der Waals surface area (Å²) in [5.41, 5.74) is 0. The number of likely N-dealkylation sites (N-methyl/N-ethyl adjacent to an activating group) is 1. The lowest BCUT2D eigenvalue weighted by molar-refractivity contribution is -0.128. The Kier molecular flexibility index (Phi) is 3.99. The standard InChI is InChI=1S/C12H16BrN3O/c1-15(11-6-4-5-10(13)14-11)9-12(17)16-7-2-3-8-16/h4-6H,2-3,7-9H2,1H3. The van der Waals surface area contributed by atoms with E-state index < -0.39 is 0 Å². The van der Waals surface area contributed by atoms with Gasteiger partial charge < -0.3 is 9.80 Å². The fraction of sp³-hybridized carbons (Fsp3) is 0.500. The van der Waals surface area contributed by atoms with E-state index in [1.807, 2.05) is 35.0 Å². The van der Waals surface area contributed by atoms with E-state index in [9.17, 15) is 4.79 Å². The van der Waals surface area contributed by atoms with Gasteiger partial charge in [-0.05, 0) is 40.9 Å². The molecule has 5 heteroatoms. The number of carbonyl (C=O) groups excluding carboxylic acids is 1. The molecule has 2 rings (SSSR count). The smallest absolute Gasteiger partial charge is 0.242 e. The molecule has 1 aliphatic heterocycles. The molecular weight excluding hydrogens is 282 g/mol. The summed E-state index contributed by atoms with van der Waals surface area (Å²) >= 11 is 3.33. The third-order valence-electron chi connectivity index (χ3n) is 2.92. The summed E-state index contributed by atoms with van der Waals surface area (Å²) in [5, 5.41) is 0. The zero-order valence-electron chi connectivity index (χ0n) is 9.90. The van der Waals surface area contributed by atoms with Crippen molar-refractivity contribution in [2.75, 3.05) is 31.6 Å². The van der Waals surface area contributed by atoms with E-state index in [1.165, 1.54) is 0 Å². The molecule has 0 bridgehead atoms. The quantitative estimate of drug-likeness (QED) is 0.800. The molecule has 0 radical (unpaired) electrons. The van der Waals surface area contributed by atoms with Gasteiger partial charge in [0.1, 0.15) is 10.4 Å². The fourth-order valence-electron chi connectivity index (χ4n) is 1.96. The van der Waals surface area contributed by atoms with Crippen LogP contribution in [-0.4, -0.2) is 42.5 Å². The number of carbonyl (C=O) groups is 1. The molecule has 0 atom stereocenters. The molecule has 1 aromatic heterocycles. The van der Waals surface area contributed by atoms with Crippen LogP contribution in [0.25, 0.3) is 0 Å². The molecule has 92 valence electrons. The van der Waals surface area contributed by atoms with Crippen LogP contribution in [0.15, 0.2) is 22.8 Å². The van der Waals surface area contributed by atoms with Gasteiger partial charge in [0.15, 0.2) is 0 Å². The first kappa shape index (κ1) is 12.4. The molecule has 4 nitrogen and oxygen atoms in total.